The Morgan fingerprint density at radius 1 is 1.42 bits per heavy atom. The maximum atomic E-state index is 13.7. The summed E-state index contributed by atoms with van der Waals surface area (Å²) in [5.74, 6) is -0.263. The molecule has 4 nitrogen and oxygen atoms in total. The van der Waals surface area contributed by atoms with E-state index in [1.165, 1.54) is 25.3 Å². The fourth-order valence-corrected chi connectivity index (χ4v) is 1.71. The van der Waals surface area contributed by atoms with Crippen molar-refractivity contribution >= 4 is 11.7 Å². The van der Waals surface area contributed by atoms with E-state index in [4.69, 9.17) is 9.47 Å². The van der Waals surface area contributed by atoms with Crippen LogP contribution in [0.25, 0.3) is 0 Å². The fraction of sp³-hybridized carbons (Fsp3) is 0.500. The van der Waals surface area contributed by atoms with Gasteiger partial charge in [-0.05, 0) is 25.5 Å². The monoisotopic (exact) mass is 269 g/mol. The summed E-state index contributed by atoms with van der Waals surface area (Å²) in [6.07, 6.45) is 1.37. The maximum Gasteiger partial charge on any atom is 0.328 e. The van der Waals surface area contributed by atoms with Crippen molar-refractivity contribution in [2.75, 3.05) is 19.0 Å². The number of halogens is 1. The molecule has 0 aliphatic carbocycles. The summed E-state index contributed by atoms with van der Waals surface area (Å²) < 4.78 is 23.7. The average molecular weight is 269 g/mol. The van der Waals surface area contributed by atoms with E-state index in [1.807, 2.05) is 6.92 Å². The lowest BCUT2D eigenvalue weighted by Gasteiger charge is -2.18. The molecule has 1 rings (SSSR count). The van der Waals surface area contributed by atoms with E-state index in [0.29, 0.717) is 18.8 Å². The van der Waals surface area contributed by atoms with Crippen molar-refractivity contribution in [3.05, 3.63) is 24.0 Å². The second kappa shape index (κ2) is 7.61. The number of nitrogens with one attached hydrogen (secondary N) is 1. The van der Waals surface area contributed by atoms with Crippen LogP contribution in [0.4, 0.5) is 10.1 Å². The lowest BCUT2D eigenvalue weighted by Crippen LogP contribution is -2.31. The number of esters is 1. The molecule has 0 amide bonds. The summed E-state index contributed by atoms with van der Waals surface area (Å²) in [5, 5.41) is 2.88. The third kappa shape index (κ3) is 4.43. The molecule has 19 heavy (non-hydrogen) atoms. The molecule has 1 atom stereocenters. The molecule has 0 radical (unpaired) electrons. The van der Waals surface area contributed by atoms with E-state index in [2.05, 4.69) is 5.32 Å². The van der Waals surface area contributed by atoms with E-state index >= 15 is 0 Å². The SMILES string of the molecule is CCCC(Nc1cc(OC)ccc1F)C(=O)OCC. The number of carbonyl (C=O) groups excluding carboxylic acids is 1. The highest BCUT2D eigenvalue weighted by Crippen LogP contribution is 2.22. The number of ether oxygens (including phenoxy) is 2. The molecule has 1 aromatic rings. The lowest BCUT2D eigenvalue weighted by molar-refractivity contribution is -0.144. The van der Waals surface area contributed by atoms with Crippen LogP contribution in [0.5, 0.6) is 5.75 Å². The summed E-state index contributed by atoms with van der Waals surface area (Å²) in [4.78, 5) is 11.8. The van der Waals surface area contributed by atoms with Gasteiger partial charge in [0.15, 0.2) is 0 Å². The molecule has 0 heterocycles. The Kier molecular flexibility index (Phi) is 6.12. The van der Waals surface area contributed by atoms with Crippen molar-refractivity contribution < 1.29 is 18.7 Å². The quantitative estimate of drug-likeness (QED) is 0.773. The van der Waals surface area contributed by atoms with Gasteiger partial charge in [0.05, 0.1) is 19.4 Å². The molecule has 1 aromatic carbocycles. The van der Waals surface area contributed by atoms with E-state index in [0.717, 1.165) is 6.42 Å². The second-order valence-corrected chi connectivity index (χ2v) is 4.08. The molecule has 0 spiro atoms. The smallest absolute Gasteiger partial charge is 0.328 e. The van der Waals surface area contributed by atoms with Crippen molar-refractivity contribution in [3.63, 3.8) is 0 Å². The van der Waals surface area contributed by atoms with Crippen LogP contribution in [0.2, 0.25) is 0 Å². The summed E-state index contributed by atoms with van der Waals surface area (Å²) in [6.45, 7) is 4.00. The second-order valence-electron chi connectivity index (χ2n) is 4.08. The first-order chi connectivity index (χ1) is 9.12. The Labute approximate surface area is 112 Å². The van der Waals surface area contributed by atoms with Crippen LogP contribution in [0.3, 0.4) is 0 Å². The number of methoxy groups -OCH3 is 1. The number of hydrogen-bond donors (Lipinski definition) is 1. The maximum absolute atomic E-state index is 13.7. The van der Waals surface area contributed by atoms with Gasteiger partial charge in [0, 0.05) is 6.07 Å². The van der Waals surface area contributed by atoms with Gasteiger partial charge >= 0.3 is 5.97 Å². The Balaban J connectivity index is 2.86. The van der Waals surface area contributed by atoms with Gasteiger partial charge in [-0.15, -0.1) is 0 Å². The zero-order chi connectivity index (χ0) is 14.3. The predicted octanol–water partition coefficient (Wildman–Crippen LogP) is 2.98. The van der Waals surface area contributed by atoms with E-state index < -0.39 is 11.9 Å². The number of benzene rings is 1. The Morgan fingerprint density at radius 2 is 2.16 bits per heavy atom. The molecule has 0 bridgehead atoms. The van der Waals surface area contributed by atoms with Gasteiger partial charge in [0.1, 0.15) is 17.6 Å². The largest absolute Gasteiger partial charge is 0.497 e. The number of hydrogen-bond acceptors (Lipinski definition) is 4. The first-order valence-electron chi connectivity index (χ1n) is 6.39. The van der Waals surface area contributed by atoms with Crippen molar-refractivity contribution in [2.24, 2.45) is 0 Å². The first-order valence-corrected chi connectivity index (χ1v) is 6.39. The van der Waals surface area contributed by atoms with Crippen molar-refractivity contribution in [1.82, 2.24) is 0 Å². The van der Waals surface area contributed by atoms with Crippen molar-refractivity contribution in [1.29, 1.82) is 0 Å². The van der Waals surface area contributed by atoms with E-state index in [-0.39, 0.29) is 11.7 Å². The third-order valence-electron chi connectivity index (χ3n) is 2.65. The molecule has 5 heteroatoms. The molecule has 0 aliphatic heterocycles. The minimum absolute atomic E-state index is 0.242. The first kappa shape index (κ1) is 15.3. The minimum atomic E-state index is -0.549. The van der Waals surface area contributed by atoms with Gasteiger partial charge in [-0.3, -0.25) is 0 Å². The summed E-state index contributed by atoms with van der Waals surface area (Å²) in [5.41, 5.74) is 0.242. The van der Waals surface area contributed by atoms with Crippen LogP contribution in [-0.4, -0.2) is 25.7 Å². The molecular formula is C14H20FNO3. The van der Waals surface area contributed by atoms with Crippen LogP contribution < -0.4 is 10.1 Å². The average Bonchev–Trinajstić information content (AvgIpc) is 2.40. The highest BCUT2D eigenvalue weighted by atomic mass is 19.1. The van der Waals surface area contributed by atoms with Gasteiger partial charge in [-0.1, -0.05) is 13.3 Å². The van der Waals surface area contributed by atoms with Crippen LogP contribution in [0.15, 0.2) is 18.2 Å². The Bertz CT molecular complexity index is 423. The normalized spacial score (nSPS) is 11.8. The number of anilines is 1. The minimum Gasteiger partial charge on any atom is -0.497 e. The molecular weight excluding hydrogens is 249 g/mol. The molecule has 1 unspecified atom stereocenters. The summed E-state index contributed by atoms with van der Waals surface area (Å²) >= 11 is 0. The number of carbonyl (C=O) groups is 1. The molecule has 106 valence electrons. The topological polar surface area (TPSA) is 47.6 Å². The fourth-order valence-electron chi connectivity index (χ4n) is 1.71. The molecule has 0 aromatic heterocycles. The van der Waals surface area contributed by atoms with Crippen LogP contribution >= 0.6 is 0 Å². The highest BCUT2D eigenvalue weighted by molar-refractivity contribution is 5.79. The zero-order valence-corrected chi connectivity index (χ0v) is 11.5. The van der Waals surface area contributed by atoms with Gasteiger partial charge in [0.25, 0.3) is 0 Å². The molecule has 0 fully saturated rings. The van der Waals surface area contributed by atoms with Crippen molar-refractivity contribution in [2.45, 2.75) is 32.7 Å². The third-order valence-corrected chi connectivity index (χ3v) is 2.65. The Morgan fingerprint density at radius 3 is 2.74 bits per heavy atom. The molecule has 0 saturated heterocycles. The predicted molar refractivity (Wildman–Crippen MR) is 71.9 cm³/mol. The molecule has 1 N–H and O–H groups in total. The van der Waals surface area contributed by atoms with Gasteiger partial charge in [0.2, 0.25) is 0 Å². The van der Waals surface area contributed by atoms with Gasteiger partial charge in [-0.2, -0.15) is 0 Å². The standard InChI is InChI=1S/C14H20FNO3/c1-4-6-12(14(17)19-5-2)16-13-9-10(18-3)7-8-11(13)15/h7-9,12,16H,4-6H2,1-3H3. The zero-order valence-electron chi connectivity index (χ0n) is 11.5. The van der Waals surface area contributed by atoms with Crippen molar-refractivity contribution in [3.8, 4) is 5.75 Å². The Hall–Kier alpha value is -1.78. The summed E-state index contributed by atoms with van der Waals surface area (Å²) in [6, 6.07) is 3.80. The molecule has 0 saturated carbocycles. The highest BCUT2D eigenvalue weighted by Gasteiger charge is 2.20. The van der Waals surface area contributed by atoms with E-state index in [9.17, 15) is 9.18 Å². The van der Waals surface area contributed by atoms with Crippen LogP contribution in [-0.2, 0) is 9.53 Å². The van der Waals surface area contributed by atoms with Gasteiger partial charge in [-0.25, -0.2) is 9.18 Å². The summed E-state index contributed by atoms with van der Waals surface area (Å²) in [7, 11) is 1.51. The van der Waals surface area contributed by atoms with Gasteiger partial charge < -0.3 is 14.8 Å². The molecule has 0 aliphatic rings. The van der Waals surface area contributed by atoms with Crippen LogP contribution in [0.1, 0.15) is 26.7 Å². The lowest BCUT2D eigenvalue weighted by atomic mass is 10.1. The van der Waals surface area contributed by atoms with Crippen LogP contribution in [0, 0.1) is 5.82 Å². The van der Waals surface area contributed by atoms with E-state index in [1.54, 1.807) is 6.92 Å². The number of rotatable bonds is 7.